The smallest absolute Gasteiger partial charge is 0.119 e. The Morgan fingerprint density at radius 2 is 2.06 bits per heavy atom. The van der Waals surface area contributed by atoms with Crippen LogP contribution in [0.25, 0.3) is 0 Å². The maximum Gasteiger partial charge on any atom is 0.119 e. The first-order valence-electron chi connectivity index (χ1n) is 5.58. The van der Waals surface area contributed by atoms with Gasteiger partial charge in [0.2, 0.25) is 0 Å². The van der Waals surface area contributed by atoms with Crippen molar-refractivity contribution in [2.45, 2.75) is 19.7 Å². The van der Waals surface area contributed by atoms with E-state index in [0.717, 1.165) is 17.9 Å². The maximum absolute atomic E-state index is 5.74. The highest BCUT2D eigenvalue weighted by molar-refractivity contribution is 6.17. The van der Waals surface area contributed by atoms with E-state index in [-0.39, 0.29) is 0 Å². The summed E-state index contributed by atoms with van der Waals surface area (Å²) in [6.07, 6.45) is 0. The standard InChI is InChI=1S/C13H19ClO2/c1-11(2)10-15-6-7-16-13-5-3-4-12(8-13)9-14/h3-5,8,11H,6-7,9-10H2,1-2H3. The van der Waals surface area contributed by atoms with Crippen LogP contribution in [0.4, 0.5) is 0 Å². The third-order valence-electron chi connectivity index (χ3n) is 2.00. The monoisotopic (exact) mass is 242 g/mol. The first kappa shape index (κ1) is 13.3. The largest absolute Gasteiger partial charge is 0.491 e. The average Bonchev–Trinajstić information content (AvgIpc) is 2.28. The molecule has 2 nitrogen and oxygen atoms in total. The maximum atomic E-state index is 5.74. The summed E-state index contributed by atoms with van der Waals surface area (Å²) in [5.41, 5.74) is 1.07. The van der Waals surface area contributed by atoms with Gasteiger partial charge >= 0.3 is 0 Å². The number of hydrogen-bond donors (Lipinski definition) is 0. The fourth-order valence-corrected chi connectivity index (χ4v) is 1.42. The second-order valence-corrected chi connectivity index (χ2v) is 4.37. The zero-order valence-electron chi connectivity index (χ0n) is 9.91. The predicted molar refractivity (Wildman–Crippen MR) is 67.2 cm³/mol. The van der Waals surface area contributed by atoms with E-state index in [4.69, 9.17) is 21.1 Å². The van der Waals surface area contributed by atoms with Crippen LogP contribution in [-0.2, 0) is 10.6 Å². The molecule has 0 saturated heterocycles. The van der Waals surface area contributed by atoms with Gasteiger partial charge in [0.1, 0.15) is 12.4 Å². The fraction of sp³-hybridized carbons (Fsp3) is 0.538. The zero-order valence-corrected chi connectivity index (χ0v) is 10.7. The molecule has 0 fully saturated rings. The van der Waals surface area contributed by atoms with Crippen LogP contribution in [0, 0.1) is 5.92 Å². The molecule has 0 amide bonds. The van der Waals surface area contributed by atoms with E-state index in [1.165, 1.54) is 0 Å². The minimum Gasteiger partial charge on any atom is -0.491 e. The average molecular weight is 243 g/mol. The lowest BCUT2D eigenvalue weighted by atomic mass is 10.2. The molecule has 16 heavy (non-hydrogen) atoms. The van der Waals surface area contributed by atoms with Crippen LogP contribution in [0.1, 0.15) is 19.4 Å². The van der Waals surface area contributed by atoms with E-state index in [2.05, 4.69) is 13.8 Å². The minimum absolute atomic E-state index is 0.515. The molecule has 0 bridgehead atoms. The van der Waals surface area contributed by atoms with Crippen molar-refractivity contribution in [3.63, 3.8) is 0 Å². The van der Waals surface area contributed by atoms with Crippen molar-refractivity contribution in [3.8, 4) is 5.75 Å². The van der Waals surface area contributed by atoms with Gasteiger partial charge < -0.3 is 9.47 Å². The molecule has 0 aliphatic carbocycles. The van der Waals surface area contributed by atoms with Gasteiger partial charge in [-0.2, -0.15) is 0 Å². The topological polar surface area (TPSA) is 18.5 Å². The van der Waals surface area contributed by atoms with Crippen molar-refractivity contribution in [1.29, 1.82) is 0 Å². The molecule has 0 radical (unpaired) electrons. The second kappa shape index (κ2) is 7.53. The third kappa shape index (κ3) is 5.38. The molecule has 0 saturated carbocycles. The zero-order chi connectivity index (χ0) is 11.8. The number of benzene rings is 1. The lowest BCUT2D eigenvalue weighted by Gasteiger charge is -2.09. The summed E-state index contributed by atoms with van der Waals surface area (Å²) in [6.45, 7) is 6.25. The Balaban J connectivity index is 2.21. The van der Waals surface area contributed by atoms with Gasteiger partial charge in [0.15, 0.2) is 0 Å². The summed E-state index contributed by atoms with van der Waals surface area (Å²) >= 11 is 5.74. The van der Waals surface area contributed by atoms with Crippen molar-refractivity contribution in [2.24, 2.45) is 5.92 Å². The number of halogens is 1. The van der Waals surface area contributed by atoms with Gasteiger partial charge in [-0.1, -0.05) is 26.0 Å². The quantitative estimate of drug-likeness (QED) is 0.538. The molecule has 0 aliphatic heterocycles. The highest BCUT2D eigenvalue weighted by Gasteiger charge is 1.97. The number of hydrogen-bond acceptors (Lipinski definition) is 2. The van der Waals surface area contributed by atoms with Gasteiger partial charge in [-0.3, -0.25) is 0 Å². The summed E-state index contributed by atoms with van der Waals surface area (Å²) in [4.78, 5) is 0. The molecular formula is C13H19ClO2. The molecule has 0 unspecified atom stereocenters. The van der Waals surface area contributed by atoms with Crippen LogP contribution in [0.5, 0.6) is 5.75 Å². The van der Waals surface area contributed by atoms with Crippen LogP contribution in [-0.4, -0.2) is 19.8 Å². The van der Waals surface area contributed by atoms with E-state index in [0.29, 0.717) is 25.0 Å². The summed E-state index contributed by atoms with van der Waals surface area (Å²) in [5, 5.41) is 0. The summed E-state index contributed by atoms with van der Waals surface area (Å²) in [6, 6.07) is 7.81. The lowest BCUT2D eigenvalue weighted by molar-refractivity contribution is 0.0819. The van der Waals surface area contributed by atoms with Crippen molar-refractivity contribution in [1.82, 2.24) is 0 Å². The minimum atomic E-state index is 0.515. The number of ether oxygens (including phenoxy) is 2. The first-order valence-corrected chi connectivity index (χ1v) is 6.11. The Labute approximate surface area is 103 Å². The van der Waals surface area contributed by atoms with E-state index >= 15 is 0 Å². The van der Waals surface area contributed by atoms with Crippen LogP contribution in [0.15, 0.2) is 24.3 Å². The lowest BCUT2D eigenvalue weighted by Crippen LogP contribution is -2.10. The van der Waals surface area contributed by atoms with E-state index in [1.54, 1.807) is 0 Å². The number of rotatable bonds is 7. The molecule has 0 heterocycles. The molecule has 1 rings (SSSR count). The Kier molecular flexibility index (Phi) is 6.27. The normalized spacial score (nSPS) is 10.8. The van der Waals surface area contributed by atoms with E-state index < -0.39 is 0 Å². The molecule has 0 spiro atoms. The summed E-state index contributed by atoms with van der Waals surface area (Å²) in [7, 11) is 0. The van der Waals surface area contributed by atoms with Gasteiger partial charge in [-0.25, -0.2) is 0 Å². The van der Waals surface area contributed by atoms with Gasteiger partial charge in [0, 0.05) is 12.5 Å². The van der Waals surface area contributed by atoms with Gasteiger partial charge in [-0.05, 0) is 23.6 Å². The molecule has 1 aromatic rings. The van der Waals surface area contributed by atoms with Gasteiger partial charge in [0.25, 0.3) is 0 Å². The van der Waals surface area contributed by atoms with Crippen LogP contribution < -0.4 is 4.74 Å². The van der Waals surface area contributed by atoms with Crippen LogP contribution in [0.3, 0.4) is 0 Å². The summed E-state index contributed by atoms with van der Waals surface area (Å²) < 4.78 is 11.0. The summed E-state index contributed by atoms with van der Waals surface area (Å²) in [5.74, 6) is 1.94. The Hall–Kier alpha value is -0.730. The van der Waals surface area contributed by atoms with Gasteiger partial charge in [-0.15, -0.1) is 11.6 Å². The van der Waals surface area contributed by atoms with Crippen LogP contribution >= 0.6 is 11.6 Å². The molecule has 90 valence electrons. The molecule has 0 aromatic heterocycles. The fourth-order valence-electron chi connectivity index (χ4n) is 1.26. The highest BCUT2D eigenvalue weighted by Crippen LogP contribution is 2.14. The van der Waals surface area contributed by atoms with Crippen molar-refractivity contribution >= 4 is 11.6 Å². The molecule has 0 N–H and O–H groups in total. The predicted octanol–water partition coefficient (Wildman–Crippen LogP) is 3.48. The third-order valence-corrected chi connectivity index (χ3v) is 2.31. The first-order chi connectivity index (χ1) is 7.72. The van der Waals surface area contributed by atoms with Crippen molar-refractivity contribution in [2.75, 3.05) is 19.8 Å². The Bertz CT molecular complexity index is 300. The molecule has 3 heteroatoms. The Morgan fingerprint density at radius 1 is 1.25 bits per heavy atom. The van der Waals surface area contributed by atoms with Crippen LogP contribution in [0.2, 0.25) is 0 Å². The molecule has 0 aliphatic rings. The van der Waals surface area contributed by atoms with Crippen molar-refractivity contribution in [3.05, 3.63) is 29.8 Å². The van der Waals surface area contributed by atoms with E-state index in [9.17, 15) is 0 Å². The highest BCUT2D eigenvalue weighted by atomic mass is 35.5. The Morgan fingerprint density at radius 3 is 2.75 bits per heavy atom. The molecule has 1 aromatic carbocycles. The second-order valence-electron chi connectivity index (χ2n) is 4.10. The molecule has 0 atom stereocenters. The van der Waals surface area contributed by atoms with E-state index in [1.807, 2.05) is 24.3 Å². The van der Waals surface area contributed by atoms with Gasteiger partial charge in [0.05, 0.1) is 6.61 Å². The molecular weight excluding hydrogens is 224 g/mol. The number of alkyl halides is 1. The van der Waals surface area contributed by atoms with Crippen molar-refractivity contribution < 1.29 is 9.47 Å². The SMILES string of the molecule is CC(C)COCCOc1cccc(CCl)c1.